The number of carbonyl (C=O) groups excluding carboxylic acids is 1. The van der Waals surface area contributed by atoms with Crippen molar-refractivity contribution in [3.63, 3.8) is 0 Å². The molecule has 0 aliphatic carbocycles. The minimum atomic E-state index is 0.528. The lowest BCUT2D eigenvalue weighted by Crippen LogP contribution is -1.70. The molecule has 0 heterocycles. The van der Waals surface area contributed by atoms with E-state index in [1.54, 1.807) is 0 Å². The first kappa shape index (κ1) is 10.2. The summed E-state index contributed by atoms with van der Waals surface area (Å²) in [6.45, 7) is 2.02. The van der Waals surface area contributed by atoms with E-state index in [1.807, 2.05) is 25.4 Å². The van der Waals surface area contributed by atoms with Gasteiger partial charge in [-0.05, 0) is 26.2 Å². The standard InChI is InChI=1S/C10H15O/c1-2-3-4-5-6-7-8-9-10-11/h2-3,6-7H,4-5,8-9H2,1H3. The molecular weight excluding hydrogens is 136 g/mol. The summed E-state index contributed by atoms with van der Waals surface area (Å²) < 4.78 is 0. The maximum Gasteiger partial charge on any atom is 0.198 e. The van der Waals surface area contributed by atoms with Crippen LogP contribution in [0.3, 0.4) is 0 Å². The van der Waals surface area contributed by atoms with Gasteiger partial charge in [0.05, 0.1) is 0 Å². The molecule has 61 valence electrons. The first-order valence-electron chi connectivity index (χ1n) is 4.03. The van der Waals surface area contributed by atoms with E-state index >= 15 is 0 Å². The maximum absolute atomic E-state index is 9.77. The van der Waals surface area contributed by atoms with Crippen molar-refractivity contribution in [2.75, 3.05) is 0 Å². The molecule has 0 spiro atoms. The average Bonchev–Trinajstić information content (AvgIpc) is 2.03. The van der Waals surface area contributed by atoms with Crippen LogP contribution in [0.15, 0.2) is 24.3 Å². The van der Waals surface area contributed by atoms with Gasteiger partial charge in [0.1, 0.15) is 0 Å². The Balaban J connectivity index is 3.09. The van der Waals surface area contributed by atoms with E-state index < -0.39 is 0 Å². The summed E-state index contributed by atoms with van der Waals surface area (Å²) >= 11 is 0. The molecule has 0 aliphatic rings. The highest BCUT2D eigenvalue weighted by Crippen LogP contribution is 1.95. The predicted octanol–water partition coefficient (Wildman–Crippen LogP) is 2.79. The summed E-state index contributed by atoms with van der Waals surface area (Å²) in [5.74, 6) is 0. The van der Waals surface area contributed by atoms with Gasteiger partial charge >= 0.3 is 0 Å². The van der Waals surface area contributed by atoms with Gasteiger partial charge in [-0.15, -0.1) is 0 Å². The second kappa shape index (κ2) is 9.15. The van der Waals surface area contributed by atoms with E-state index in [0.29, 0.717) is 6.42 Å². The number of hydrogen-bond acceptors (Lipinski definition) is 1. The third kappa shape index (κ3) is 9.15. The highest BCUT2D eigenvalue weighted by atomic mass is 16.1. The summed E-state index contributed by atoms with van der Waals surface area (Å²) in [6.07, 6.45) is 13.7. The van der Waals surface area contributed by atoms with E-state index in [2.05, 4.69) is 12.2 Å². The second-order valence-corrected chi connectivity index (χ2v) is 2.30. The third-order valence-electron chi connectivity index (χ3n) is 1.32. The van der Waals surface area contributed by atoms with Crippen molar-refractivity contribution >= 4 is 6.29 Å². The first-order valence-corrected chi connectivity index (χ1v) is 4.03. The Labute approximate surface area is 68.8 Å². The van der Waals surface area contributed by atoms with Crippen LogP contribution in [0.5, 0.6) is 0 Å². The smallest absolute Gasteiger partial charge is 0.198 e. The van der Waals surface area contributed by atoms with Crippen molar-refractivity contribution in [3.8, 4) is 0 Å². The van der Waals surface area contributed by atoms with Gasteiger partial charge in [0, 0.05) is 6.42 Å². The molecule has 0 aromatic carbocycles. The van der Waals surface area contributed by atoms with Crippen LogP contribution in [-0.2, 0) is 4.79 Å². The van der Waals surface area contributed by atoms with Crippen LogP contribution in [0, 0.1) is 0 Å². The van der Waals surface area contributed by atoms with Crippen LogP contribution in [-0.4, -0.2) is 6.29 Å². The van der Waals surface area contributed by atoms with Gasteiger partial charge in [-0.1, -0.05) is 24.3 Å². The van der Waals surface area contributed by atoms with Crippen molar-refractivity contribution in [3.05, 3.63) is 24.3 Å². The van der Waals surface area contributed by atoms with Crippen LogP contribution in [0.2, 0.25) is 0 Å². The van der Waals surface area contributed by atoms with Gasteiger partial charge < -0.3 is 0 Å². The van der Waals surface area contributed by atoms with Gasteiger partial charge in [0.2, 0.25) is 0 Å². The van der Waals surface area contributed by atoms with Gasteiger partial charge in [0.15, 0.2) is 6.29 Å². The van der Waals surface area contributed by atoms with E-state index in [-0.39, 0.29) is 0 Å². The molecule has 1 heteroatoms. The van der Waals surface area contributed by atoms with Crippen molar-refractivity contribution in [2.45, 2.75) is 32.6 Å². The zero-order valence-corrected chi connectivity index (χ0v) is 7.05. The van der Waals surface area contributed by atoms with Crippen molar-refractivity contribution in [1.82, 2.24) is 0 Å². The van der Waals surface area contributed by atoms with E-state index in [4.69, 9.17) is 0 Å². The molecule has 1 nitrogen and oxygen atoms in total. The molecule has 0 aromatic heterocycles. The summed E-state index contributed by atoms with van der Waals surface area (Å²) in [7, 11) is 0. The van der Waals surface area contributed by atoms with Crippen molar-refractivity contribution in [1.29, 1.82) is 0 Å². The maximum atomic E-state index is 9.77. The van der Waals surface area contributed by atoms with E-state index in [9.17, 15) is 4.79 Å². The topological polar surface area (TPSA) is 17.1 Å². The molecule has 0 N–H and O–H groups in total. The lowest BCUT2D eigenvalue weighted by molar-refractivity contribution is 0.552. The van der Waals surface area contributed by atoms with Crippen LogP contribution >= 0.6 is 0 Å². The Morgan fingerprint density at radius 1 is 1.09 bits per heavy atom. The molecule has 11 heavy (non-hydrogen) atoms. The number of unbranched alkanes of at least 4 members (excludes halogenated alkanes) is 2. The van der Waals surface area contributed by atoms with Crippen molar-refractivity contribution < 1.29 is 4.79 Å². The number of hydrogen-bond donors (Lipinski definition) is 0. The molecule has 0 saturated carbocycles. The predicted molar refractivity (Wildman–Crippen MR) is 48.1 cm³/mol. The summed E-state index contributed by atoms with van der Waals surface area (Å²) in [5, 5.41) is 0. The molecule has 0 aliphatic heterocycles. The lowest BCUT2D eigenvalue weighted by Gasteiger charge is -1.85. The normalized spacial score (nSPS) is 11.4. The van der Waals surface area contributed by atoms with Crippen LogP contribution in [0.1, 0.15) is 32.6 Å². The zero-order chi connectivity index (χ0) is 8.36. The fraction of sp³-hybridized carbons (Fsp3) is 0.500. The van der Waals surface area contributed by atoms with Gasteiger partial charge in [0.25, 0.3) is 0 Å². The Kier molecular flexibility index (Phi) is 8.44. The Morgan fingerprint density at radius 3 is 2.36 bits per heavy atom. The van der Waals surface area contributed by atoms with Gasteiger partial charge in [-0.3, -0.25) is 4.79 Å². The highest BCUT2D eigenvalue weighted by Gasteiger charge is 1.78. The van der Waals surface area contributed by atoms with Crippen LogP contribution < -0.4 is 0 Å². The van der Waals surface area contributed by atoms with E-state index in [1.165, 1.54) is 0 Å². The molecule has 0 atom stereocenters. The SMILES string of the molecule is CC=CCCC=CCC[C]=O. The highest BCUT2D eigenvalue weighted by molar-refractivity contribution is 5.50. The fourth-order valence-corrected chi connectivity index (χ4v) is 0.737. The van der Waals surface area contributed by atoms with Crippen LogP contribution in [0.25, 0.3) is 0 Å². The molecule has 0 aromatic rings. The molecular formula is C10H15O. The summed E-state index contributed by atoms with van der Waals surface area (Å²) in [5.41, 5.74) is 0. The van der Waals surface area contributed by atoms with Gasteiger partial charge in [-0.25, -0.2) is 0 Å². The quantitative estimate of drug-likeness (QED) is 0.421. The van der Waals surface area contributed by atoms with Crippen molar-refractivity contribution in [2.24, 2.45) is 0 Å². The average molecular weight is 151 g/mol. The molecule has 0 unspecified atom stereocenters. The van der Waals surface area contributed by atoms with E-state index in [0.717, 1.165) is 19.3 Å². The second-order valence-electron chi connectivity index (χ2n) is 2.30. The summed E-state index contributed by atoms with van der Waals surface area (Å²) in [4.78, 5) is 9.77. The molecule has 0 saturated heterocycles. The minimum absolute atomic E-state index is 0.528. The van der Waals surface area contributed by atoms with Gasteiger partial charge in [-0.2, -0.15) is 0 Å². The van der Waals surface area contributed by atoms with Crippen LogP contribution in [0.4, 0.5) is 0 Å². The zero-order valence-electron chi connectivity index (χ0n) is 7.05. The lowest BCUT2D eigenvalue weighted by atomic mass is 10.2. The molecule has 0 fully saturated rings. The third-order valence-corrected chi connectivity index (χ3v) is 1.32. The number of rotatable bonds is 6. The first-order chi connectivity index (χ1) is 5.41. The fourth-order valence-electron chi connectivity index (χ4n) is 0.737. The monoisotopic (exact) mass is 151 g/mol. The Morgan fingerprint density at radius 2 is 1.73 bits per heavy atom. The molecule has 0 amide bonds. The minimum Gasteiger partial charge on any atom is -0.291 e. The molecule has 0 bridgehead atoms. The number of allylic oxidation sites excluding steroid dienone is 4. The molecule has 0 rings (SSSR count). The Bertz CT molecular complexity index is 134. The molecule has 1 radical (unpaired) electrons. The largest absolute Gasteiger partial charge is 0.291 e. The Hall–Kier alpha value is -0.850. The summed E-state index contributed by atoms with van der Waals surface area (Å²) in [6, 6.07) is 0.